The fourth-order valence-electron chi connectivity index (χ4n) is 1.68. The molecule has 1 heterocycles. The van der Waals surface area contributed by atoms with Crippen LogP contribution in [-0.4, -0.2) is 61.0 Å². The van der Waals surface area contributed by atoms with E-state index in [-0.39, 0.29) is 12.5 Å². The molecule has 0 radical (unpaired) electrons. The van der Waals surface area contributed by atoms with Crippen molar-refractivity contribution < 1.29 is 4.79 Å². The summed E-state index contributed by atoms with van der Waals surface area (Å²) in [7, 11) is 3.98. The molecule has 0 spiro atoms. The van der Waals surface area contributed by atoms with Crippen LogP contribution in [0.4, 0.5) is 0 Å². The number of hydrogen-bond acceptors (Lipinski definition) is 4. The topological polar surface area (TPSA) is 48.5 Å². The highest BCUT2D eigenvalue weighted by molar-refractivity contribution is 5.78. The third-order valence-corrected chi connectivity index (χ3v) is 2.77. The molecule has 0 aliphatic rings. The predicted molar refractivity (Wildman–Crippen MR) is 79.9 cm³/mol. The van der Waals surface area contributed by atoms with Crippen molar-refractivity contribution in [1.82, 2.24) is 20.1 Å². The summed E-state index contributed by atoms with van der Waals surface area (Å²) in [5.41, 5.74) is 1.02. The Balaban J connectivity index is 2.59. The molecule has 0 bridgehead atoms. The molecule has 0 fully saturated rings. The third-order valence-electron chi connectivity index (χ3n) is 2.77. The zero-order valence-electron chi connectivity index (χ0n) is 12.2. The molecule has 0 unspecified atom stereocenters. The van der Waals surface area contributed by atoms with Gasteiger partial charge in [-0.25, -0.2) is 0 Å². The van der Waals surface area contributed by atoms with E-state index >= 15 is 0 Å². The van der Waals surface area contributed by atoms with E-state index in [0.29, 0.717) is 19.6 Å². The predicted octanol–water partition coefficient (Wildman–Crippen LogP) is 0.195. The second kappa shape index (κ2) is 9.08. The Bertz CT molecular complexity index is 439. The van der Waals surface area contributed by atoms with Crippen LogP contribution in [0.15, 0.2) is 24.5 Å². The number of aromatic nitrogens is 1. The van der Waals surface area contributed by atoms with Crippen molar-refractivity contribution >= 4 is 5.91 Å². The van der Waals surface area contributed by atoms with E-state index < -0.39 is 0 Å². The molecule has 0 aliphatic heterocycles. The van der Waals surface area contributed by atoms with E-state index in [1.54, 1.807) is 12.4 Å². The highest BCUT2D eigenvalue weighted by atomic mass is 16.2. The molecule has 1 aromatic rings. The Morgan fingerprint density at radius 3 is 2.85 bits per heavy atom. The van der Waals surface area contributed by atoms with Crippen molar-refractivity contribution in [2.24, 2.45) is 0 Å². The molecule has 0 atom stereocenters. The Morgan fingerprint density at radius 2 is 2.25 bits per heavy atom. The van der Waals surface area contributed by atoms with Crippen LogP contribution in [0.1, 0.15) is 5.56 Å². The van der Waals surface area contributed by atoms with Gasteiger partial charge in [-0.15, -0.1) is 6.42 Å². The Morgan fingerprint density at radius 1 is 1.45 bits per heavy atom. The van der Waals surface area contributed by atoms with E-state index in [9.17, 15) is 4.79 Å². The molecule has 0 saturated carbocycles. The highest BCUT2D eigenvalue weighted by Gasteiger charge is 2.13. The van der Waals surface area contributed by atoms with Gasteiger partial charge in [0.05, 0.1) is 13.1 Å². The largest absolute Gasteiger partial charge is 0.336 e. The summed E-state index contributed by atoms with van der Waals surface area (Å²) in [5, 5.41) is 2.93. The second-order valence-electron chi connectivity index (χ2n) is 4.79. The SMILES string of the molecule is C#CCNCC(=O)N(CCN(C)C)Cc1cccnc1. The number of nitrogens with one attached hydrogen (secondary N) is 1. The van der Waals surface area contributed by atoms with E-state index in [4.69, 9.17) is 6.42 Å². The molecule has 1 rings (SSSR count). The normalized spacial score (nSPS) is 10.3. The number of carbonyl (C=O) groups is 1. The molecule has 5 nitrogen and oxygen atoms in total. The standard InChI is InChI=1S/C15H22N4O/c1-4-7-16-12-15(20)19(10-9-18(2)3)13-14-6-5-8-17-11-14/h1,5-6,8,11,16H,7,9-10,12-13H2,2-3H3. The minimum atomic E-state index is 0.0472. The summed E-state index contributed by atoms with van der Waals surface area (Å²) in [6.45, 7) is 2.73. The lowest BCUT2D eigenvalue weighted by Crippen LogP contribution is -2.41. The van der Waals surface area contributed by atoms with Crippen LogP contribution in [-0.2, 0) is 11.3 Å². The van der Waals surface area contributed by atoms with Gasteiger partial charge >= 0.3 is 0 Å². The lowest BCUT2D eigenvalue weighted by Gasteiger charge is -2.24. The highest BCUT2D eigenvalue weighted by Crippen LogP contribution is 2.03. The summed E-state index contributed by atoms with van der Waals surface area (Å²) in [5.74, 6) is 2.51. The van der Waals surface area contributed by atoms with Crippen molar-refractivity contribution in [3.8, 4) is 12.3 Å². The zero-order valence-corrected chi connectivity index (χ0v) is 12.2. The first-order chi connectivity index (χ1) is 9.63. The van der Waals surface area contributed by atoms with Crippen molar-refractivity contribution in [2.75, 3.05) is 40.3 Å². The van der Waals surface area contributed by atoms with Crippen LogP contribution in [0.3, 0.4) is 0 Å². The Kier molecular flexibility index (Phi) is 7.33. The molecule has 0 aliphatic carbocycles. The van der Waals surface area contributed by atoms with Gasteiger partial charge in [0, 0.05) is 32.0 Å². The zero-order chi connectivity index (χ0) is 14.8. The fourth-order valence-corrected chi connectivity index (χ4v) is 1.68. The molecule has 1 N–H and O–H groups in total. The van der Waals surface area contributed by atoms with Crippen LogP contribution in [0.2, 0.25) is 0 Å². The molecule has 0 aromatic carbocycles. The lowest BCUT2D eigenvalue weighted by molar-refractivity contribution is -0.131. The first-order valence-electron chi connectivity index (χ1n) is 6.59. The quantitative estimate of drug-likeness (QED) is 0.543. The monoisotopic (exact) mass is 274 g/mol. The van der Waals surface area contributed by atoms with Crippen molar-refractivity contribution in [3.05, 3.63) is 30.1 Å². The molecule has 20 heavy (non-hydrogen) atoms. The number of hydrogen-bond donors (Lipinski definition) is 1. The van der Waals surface area contributed by atoms with Gasteiger partial charge in [0.15, 0.2) is 0 Å². The number of rotatable bonds is 8. The van der Waals surface area contributed by atoms with Gasteiger partial charge in [-0.3, -0.25) is 15.1 Å². The first kappa shape index (κ1) is 16.2. The van der Waals surface area contributed by atoms with Gasteiger partial charge in [-0.1, -0.05) is 12.0 Å². The molecule has 108 valence electrons. The number of likely N-dealkylation sites (N-methyl/N-ethyl adjacent to an activating group) is 1. The minimum Gasteiger partial charge on any atom is -0.336 e. The smallest absolute Gasteiger partial charge is 0.236 e. The third kappa shape index (κ3) is 6.32. The molecule has 1 amide bonds. The maximum Gasteiger partial charge on any atom is 0.236 e. The van der Waals surface area contributed by atoms with Crippen molar-refractivity contribution in [1.29, 1.82) is 0 Å². The molecular formula is C15H22N4O. The van der Waals surface area contributed by atoms with Gasteiger partial charge in [0.1, 0.15) is 0 Å². The maximum absolute atomic E-state index is 12.2. The van der Waals surface area contributed by atoms with Crippen LogP contribution in [0.5, 0.6) is 0 Å². The van der Waals surface area contributed by atoms with Crippen molar-refractivity contribution in [2.45, 2.75) is 6.54 Å². The number of pyridine rings is 1. The van der Waals surface area contributed by atoms with E-state index in [0.717, 1.165) is 12.1 Å². The van der Waals surface area contributed by atoms with Crippen LogP contribution in [0.25, 0.3) is 0 Å². The second-order valence-corrected chi connectivity index (χ2v) is 4.79. The van der Waals surface area contributed by atoms with Gasteiger partial charge in [-0.2, -0.15) is 0 Å². The van der Waals surface area contributed by atoms with E-state index in [1.807, 2.05) is 31.1 Å². The molecular weight excluding hydrogens is 252 g/mol. The van der Waals surface area contributed by atoms with Gasteiger partial charge in [0.25, 0.3) is 0 Å². The maximum atomic E-state index is 12.2. The summed E-state index contributed by atoms with van der Waals surface area (Å²) in [4.78, 5) is 20.1. The number of carbonyl (C=O) groups excluding carboxylic acids is 1. The summed E-state index contributed by atoms with van der Waals surface area (Å²) < 4.78 is 0. The molecule has 1 aromatic heterocycles. The van der Waals surface area contributed by atoms with Crippen molar-refractivity contribution in [3.63, 3.8) is 0 Å². The molecule has 5 heteroatoms. The summed E-state index contributed by atoms with van der Waals surface area (Å²) >= 11 is 0. The van der Waals surface area contributed by atoms with Crippen LogP contribution >= 0.6 is 0 Å². The number of nitrogens with zero attached hydrogens (tertiary/aromatic N) is 3. The minimum absolute atomic E-state index is 0.0472. The van der Waals surface area contributed by atoms with Gasteiger partial charge in [-0.05, 0) is 25.7 Å². The van der Waals surface area contributed by atoms with Crippen LogP contribution in [0, 0.1) is 12.3 Å². The number of amides is 1. The van der Waals surface area contributed by atoms with Gasteiger partial charge in [0.2, 0.25) is 5.91 Å². The Hall–Kier alpha value is -1.90. The summed E-state index contributed by atoms with van der Waals surface area (Å²) in [6.07, 6.45) is 8.67. The van der Waals surface area contributed by atoms with Crippen LogP contribution < -0.4 is 5.32 Å². The average Bonchev–Trinajstić information content (AvgIpc) is 2.44. The average molecular weight is 274 g/mol. The van der Waals surface area contributed by atoms with E-state index in [2.05, 4.69) is 21.1 Å². The lowest BCUT2D eigenvalue weighted by atomic mass is 10.2. The molecule has 0 saturated heterocycles. The van der Waals surface area contributed by atoms with E-state index in [1.165, 1.54) is 0 Å². The Labute approximate surface area is 121 Å². The van der Waals surface area contributed by atoms with Gasteiger partial charge < -0.3 is 9.80 Å². The fraction of sp³-hybridized carbons (Fsp3) is 0.467. The summed E-state index contributed by atoms with van der Waals surface area (Å²) in [6, 6.07) is 3.85. The number of terminal acetylenes is 1. The first-order valence-corrected chi connectivity index (χ1v) is 6.59.